The first kappa shape index (κ1) is 73.9. The fourth-order valence-corrected chi connectivity index (χ4v) is 14.8. The third-order valence-electron chi connectivity index (χ3n) is 17.7. The van der Waals surface area contributed by atoms with Crippen LogP contribution in [0.4, 0.5) is 30.2 Å². The summed E-state index contributed by atoms with van der Waals surface area (Å²) in [7, 11) is -4.18. The van der Waals surface area contributed by atoms with Crippen molar-refractivity contribution in [3.63, 3.8) is 0 Å². The maximum atomic E-state index is 13.7. The average molecular weight is 1370 g/mol. The van der Waals surface area contributed by atoms with Crippen LogP contribution in [0.15, 0.2) is 131 Å². The van der Waals surface area contributed by atoms with Crippen molar-refractivity contribution < 1.29 is 91.9 Å². The van der Waals surface area contributed by atoms with Crippen LogP contribution in [0.1, 0.15) is 101 Å². The summed E-state index contributed by atoms with van der Waals surface area (Å²) in [6.45, 7) is 6.91. The molecule has 4 saturated heterocycles. The molecule has 20 nitrogen and oxygen atoms in total. The van der Waals surface area contributed by atoms with Gasteiger partial charge in [-0.15, -0.1) is 17.8 Å². The Kier molecular flexibility index (Phi) is 27.2. The van der Waals surface area contributed by atoms with Crippen LogP contribution < -0.4 is 25.6 Å². The minimum absolute atomic E-state index is 0. The average Bonchev–Trinajstić information content (AvgIpc) is 1.66. The third kappa shape index (κ3) is 19.4. The molecule has 6 aliphatic rings. The molecular formula is C66H77ClF3N9O11S2Sc-2. The summed E-state index contributed by atoms with van der Waals surface area (Å²) in [6.07, 6.45) is 6.60. The monoisotopic (exact) mass is 1370 g/mol. The van der Waals surface area contributed by atoms with Gasteiger partial charge in [0, 0.05) is 149 Å². The maximum absolute atomic E-state index is 13.7. The number of hydrogen-bond acceptors (Lipinski definition) is 15. The number of amides is 6. The van der Waals surface area contributed by atoms with E-state index in [-0.39, 0.29) is 88.6 Å². The van der Waals surface area contributed by atoms with E-state index >= 15 is 0 Å². The quantitative estimate of drug-likeness (QED) is 0.0235. The second-order valence-electron chi connectivity index (χ2n) is 23.5. The molecule has 4 fully saturated rings. The van der Waals surface area contributed by atoms with Gasteiger partial charge in [0.25, 0.3) is 17.7 Å². The van der Waals surface area contributed by atoms with Crippen molar-refractivity contribution in [1.29, 1.82) is 0 Å². The van der Waals surface area contributed by atoms with Crippen LogP contribution >= 0.6 is 23.4 Å². The molecule has 8 N–H and O–H groups in total. The summed E-state index contributed by atoms with van der Waals surface area (Å²) in [5.74, 6) is -2.03. The summed E-state index contributed by atoms with van der Waals surface area (Å²) in [5.41, 5.74) is 6.81. The van der Waals surface area contributed by atoms with Gasteiger partial charge in [0.1, 0.15) is 6.04 Å². The second kappa shape index (κ2) is 34.3. The van der Waals surface area contributed by atoms with Gasteiger partial charge < -0.3 is 49.3 Å². The largest absolute Gasteiger partial charge is 0.412 e. The molecule has 497 valence electrons. The van der Waals surface area contributed by atoms with Gasteiger partial charge in [-0.05, 0) is 133 Å². The van der Waals surface area contributed by atoms with E-state index in [4.69, 9.17) is 16.3 Å². The Labute approximate surface area is 568 Å². The van der Waals surface area contributed by atoms with Gasteiger partial charge in [-0.1, -0.05) is 59.3 Å². The van der Waals surface area contributed by atoms with Crippen molar-refractivity contribution in [2.45, 2.75) is 86.1 Å². The molecular weight excluding hydrogens is 1300 g/mol. The van der Waals surface area contributed by atoms with E-state index in [1.54, 1.807) is 48.2 Å². The molecule has 1 unspecified atom stereocenters. The van der Waals surface area contributed by atoms with E-state index in [2.05, 4.69) is 65.7 Å². The van der Waals surface area contributed by atoms with E-state index in [1.807, 2.05) is 47.4 Å². The normalized spacial score (nSPS) is 18.7. The number of nitrogens with one attached hydrogen (secondary N) is 4. The number of imide groups is 2. The standard InChI is InChI=1S/C65H73ClN9O9S2.CF3.2H2O.Sc/c66-48-15-11-45(12-16-48)54-25-27-65(28-32-74(33-29-65)59(77)10-5-30-67-56-9-4-8-55-60(56)64(81)75(63(55)80)57-23-24-58(76)69-62(57)79)42-47(54)43-72-34-36-73(37-35-72)51-19-13-46(14-20-51)61(78)70-86(82,83)53-21-17-49(18-22-53)68-50(26-31-71-38-40-84-41-39-71)44-85-52-6-2-1-3-7-52;2-1(3)4;;;/h1-4,6-9,11-17,19-22,50,57,67-68H,5,10,23-44H2,(H,70,78)(H,69,76,79);;2*1H2;/q2*-1;;;/t50-,57?;;;;/m1..../s1. The molecule has 5 aliphatic heterocycles. The molecule has 5 aromatic rings. The Morgan fingerprint density at radius 2 is 1.51 bits per heavy atom. The number of fused-ring (bicyclic) bond motifs is 1. The molecule has 1 aliphatic carbocycles. The van der Waals surface area contributed by atoms with Crippen LogP contribution in [-0.2, 0) is 55.0 Å². The number of rotatable bonds is 21. The number of sulfonamides is 1. The molecule has 5 aromatic carbocycles. The summed E-state index contributed by atoms with van der Waals surface area (Å²) >= 11 is 8.14. The van der Waals surface area contributed by atoms with Gasteiger partial charge in [0.05, 0.1) is 24.3 Å². The molecule has 5 heterocycles. The van der Waals surface area contributed by atoms with Gasteiger partial charge in [-0.25, -0.2) is 8.42 Å². The Balaban J connectivity index is 0.00000170. The number of allylic oxidation sites excluding steroid dienone is 1. The van der Waals surface area contributed by atoms with E-state index in [0.29, 0.717) is 48.9 Å². The van der Waals surface area contributed by atoms with Crippen LogP contribution in [0, 0.1) is 18.2 Å². The number of halogens is 4. The second-order valence-corrected chi connectivity index (χ2v) is 26.7. The maximum Gasteiger partial charge on any atom is 0.264 e. The van der Waals surface area contributed by atoms with E-state index < -0.39 is 52.3 Å². The number of carbonyl (C=O) groups is 6. The predicted molar refractivity (Wildman–Crippen MR) is 347 cm³/mol. The smallest absolute Gasteiger partial charge is 0.264 e. The number of benzene rings is 5. The number of nitrogens with zero attached hydrogens (tertiary/aromatic N) is 5. The molecule has 1 radical (unpaired) electrons. The SMILES string of the molecule is F[C-](F)F.O.O.O=C1CCC(N2C(=O)c3cccc(NCCCC(=O)N4CCC5(CCC(c6ccc(Cl)cc6)=C(CN6CCN(c7ccc(C(=O)NS(=O)(=O)c8c[c-]c(N[C@H](CCN9CCOCC9)CSc9ccccc9)cc8)cc7)CC6)C5)CC4)c3C2=O)C(=O)N1.[Sc]. The minimum Gasteiger partial charge on any atom is -0.412 e. The zero-order valence-corrected chi connectivity index (χ0v) is 55.6. The molecule has 27 heteroatoms. The Bertz CT molecular complexity index is 3530. The number of thioether (sulfide) groups is 1. The zero-order chi connectivity index (χ0) is 63.4. The number of carbonyl (C=O) groups excluding carboxylic acids is 6. The van der Waals surface area contributed by atoms with Gasteiger partial charge >= 0.3 is 0 Å². The van der Waals surface area contributed by atoms with Crippen molar-refractivity contribution in [1.82, 2.24) is 29.6 Å². The van der Waals surface area contributed by atoms with Crippen LogP contribution in [0.25, 0.3) is 5.57 Å². The van der Waals surface area contributed by atoms with Crippen LogP contribution in [-0.4, -0.2) is 177 Å². The van der Waals surface area contributed by atoms with Crippen molar-refractivity contribution in [2.75, 3.05) is 106 Å². The number of ether oxygens (including phenoxy) is 1. The molecule has 93 heavy (non-hydrogen) atoms. The first-order valence-corrected chi connectivity index (χ1v) is 33.3. The Morgan fingerprint density at radius 3 is 2.17 bits per heavy atom. The molecule has 1 spiro atoms. The molecule has 0 bridgehead atoms. The molecule has 0 aromatic heterocycles. The fourth-order valence-electron chi connectivity index (χ4n) is 12.8. The Morgan fingerprint density at radius 1 is 0.806 bits per heavy atom. The van der Waals surface area contributed by atoms with Crippen LogP contribution in [0.2, 0.25) is 5.02 Å². The van der Waals surface area contributed by atoms with Crippen molar-refractivity contribution in [3.8, 4) is 0 Å². The first-order chi connectivity index (χ1) is 43.4. The van der Waals surface area contributed by atoms with E-state index in [1.165, 1.54) is 33.7 Å². The number of anilines is 3. The summed E-state index contributed by atoms with van der Waals surface area (Å²) in [5, 5.41) is 9.76. The topological polar surface area (TPSA) is 273 Å². The summed E-state index contributed by atoms with van der Waals surface area (Å²) in [6, 6.07) is 37.2. The molecule has 6 amide bonds. The number of likely N-dealkylation sites (tertiary alicyclic amines) is 1. The predicted octanol–water partition coefficient (Wildman–Crippen LogP) is 7.91. The number of piperidine rings is 2. The van der Waals surface area contributed by atoms with E-state index in [0.717, 1.165) is 120 Å². The Hall–Kier alpha value is -6.49. The molecule has 2 atom stereocenters. The number of piperazine rings is 1. The van der Waals surface area contributed by atoms with Crippen molar-refractivity contribution in [2.24, 2.45) is 5.41 Å². The number of morpholine rings is 1. The molecule has 11 rings (SSSR count). The summed E-state index contributed by atoms with van der Waals surface area (Å²) in [4.78, 5) is 89.6. The molecule has 0 saturated carbocycles. The van der Waals surface area contributed by atoms with Crippen molar-refractivity contribution >= 4 is 91.5 Å². The van der Waals surface area contributed by atoms with Gasteiger partial charge in [0.15, 0.2) is 6.68 Å². The van der Waals surface area contributed by atoms with Gasteiger partial charge in [-0.3, -0.25) is 53.5 Å². The third-order valence-corrected chi connectivity index (χ3v) is 20.5. The minimum atomic E-state index is -4.18. The van der Waals surface area contributed by atoms with Crippen LogP contribution in [0.5, 0.6) is 0 Å². The van der Waals surface area contributed by atoms with Crippen LogP contribution in [0.3, 0.4) is 0 Å². The zero-order valence-electron chi connectivity index (χ0n) is 51.4. The fraction of sp³-hybridized carbons (Fsp3) is 0.409. The van der Waals surface area contributed by atoms with Gasteiger partial charge in [0.2, 0.25) is 27.7 Å². The van der Waals surface area contributed by atoms with Gasteiger partial charge in [-0.2, -0.15) is 18.2 Å². The van der Waals surface area contributed by atoms with Crippen molar-refractivity contribution in [3.05, 3.63) is 161 Å². The number of hydrogen-bond donors (Lipinski definition) is 4. The summed E-state index contributed by atoms with van der Waals surface area (Å²) < 4.78 is 63.6. The first-order valence-electron chi connectivity index (χ1n) is 30.5. The van der Waals surface area contributed by atoms with E-state index in [9.17, 15) is 50.4 Å².